The van der Waals surface area contributed by atoms with E-state index in [0.717, 1.165) is 11.1 Å². The number of ether oxygens (including phenoxy) is 1. The molecule has 4 nitrogen and oxygen atoms in total. The predicted molar refractivity (Wildman–Crippen MR) is 114 cm³/mol. The minimum absolute atomic E-state index is 0.0515. The molecule has 0 aromatic heterocycles. The quantitative estimate of drug-likeness (QED) is 0.670. The monoisotopic (exact) mass is 382 g/mol. The van der Waals surface area contributed by atoms with Gasteiger partial charge in [-0.25, -0.2) is 4.79 Å². The standard InChI is InChI=1S/C25H22N2O2/c26-16-19-9-2-1-8-18(19)10-7-15-27-25(28)29-17-24-22-13-5-3-11-20(22)21-12-4-6-14-23(21)24/h1-6,8-9,11-14,24H,15-17,26H2,(H,27,28). The fourth-order valence-corrected chi connectivity index (χ4v) is 3.73. The summed E-state index contributed by atoms with van der Waals surface area (Å²) in [7, 11) is 0. The molecule has 3 aromatic carbocycles. The van der Waals surface area contributed by atoms with Crippen molar-refractivity contribution in [1.29, 1.82) is 0 Å². The Morgan fingerprint density at radius 2 is 1.55 bits per heavy atom. The summed E-state index contributed by atoms with van der Waals surface area (Å²) in [5.41, 5.74) is 12.4. The number of carbonyl (C=O) groups excluding carboxylic acids is 1. The van der Waals surface area contributed by atoms with Crippen molar-refractivity contribution in [2.75, 3.05) is 13.2 Å². The molecular weight excluding hydrogens is 360 g/mol. The second kappa shape index (κ2) is 8.64. The van der Waals surface area contributed by atoms with Gasteiger partial charge in [-0.3, -0.25) is 0 Å². The maximum atomic E-state index is 12.1. The van der Waals surface area contributed by atoms with E-state index in [1.54, 1.807) is 0 Å². The number of carbonyl (C=O) groups is 1. The van der Waals surface area contributed by atoms with Gasteiger partial charge >= 0.3 is 6.09 Å². The molecule has 0 heterocycles. The molecule has 0 radical (unpaired) electrons. The Balaban J connectivity index is 1.36. The Morgan fingerprint density at radius 3 is 2.24 bits per heavy atom. The number of nitrogens with one attached hydrogen (secondary N) is 1. The molecule has 0 unspecified atom stereocenters. The number of fused-ring (bicyclic) bond motifs is 3. The van der Waals surface area contributed by atoms with E-state index in [0.29, 0.717) is 13.2 Å². The van der Waals surface area contributed by atoms with Gasteiger partial charge in [-0.15, -0.1) is 0 Å². The third-order valence-corrected chi connectivity index (χ3v) is 5.13. The minimum atomic E-state index is -0.465. The molecule has 0 bridgehead atoms. The van der Waals surface area contributed by atoms with Crippen LogP contribution in [0, 0.1) is 11.8 Å². The topological polar surface area (TPSA) is 64.3 Å². The zero-order valence-corrected chi connectivity index (χ0v) is 16.0. The molecular formula is C25H22N2O2. The number of benzene rings is 3. The normalized spacial score (nSPS) is 11.8. The molecule has 1 amide bonds. The van der Waals surface area contributed by atoms with Gasteiger partial charge in [0, 0.05) is 18.0 Å². The van der Waals surface area contributed by atoms with E-state index in [2.05, 4.69) is 41.4 Å². The number of hydrogen-bond donors (Lipinski definition) is 2. The summed E-state index contributed by atoms with van der Waals surface area (Å²) in [5.74, 6) is 6.04. The van der Waals surface area contributed by atoms with Gasteiger partial charge in [0.25, 0.3) is 0 Å². The lowest BCUT2D eigenvalue weighted by Crippen LogP contribution is -2.26. The van der Waals surface area contributed by atoms with Crippen LogP contribution in [0.4, 0.5) is 4.79 Å². The smallest absolute Gasteiger partial charge is 0.407 e. The minimum Gasteiger partial charge on any atom is -0.449 e. The number of alkyl carbamates (subject to hydrolysis) is 1. The zero-order valence-electron chi connectivity index (χ0n) is 16.0. The summed E-state index contributed by atoms with van der Waals surface area (Å²) in [6.07, 6.45) is -0.465. The third-order valence-electron chi connectivity index (χ3n) is 5.13. The number of amides is 1. The summed E-state index contributed by atoms with van der Waals surface area (Å²) >= 11 is 0. The van der Waals surface area contributed by atoms with Crippen molar-refractivity contribution in [2.45, 2.75) is 12.5 Å². The van der Waals surface area contributed by atoms with Crippen molar-refractivity contribution < 1.29 is 9.53 Å². The van der Waals surface area contributed by atoms with E-state index < -0.39 is 6.09 Å². The SMILES string of the molecule is NCc1ccccc1C#CCNC(=O)OCC1c2ccccc2-c2ccccc21. The fourth-order valence-electron chi connectivity index (χ4n) is 3.73. The maximum absolute atomic E-state index is 12.1. The van der Waals surface area contributed by atoms with Crippen molar-refractivity contribution in [2.24, 2.45) is 5.73 Å². The van der Waals surface area contributed by atoms with Crippen molar-refractivity contribution in [1.82, 2.24) is 5.32 Å². The Hall–Kier alpha value is -3.55. The number of nitrogens with two attached hydrogens (primary N) is 1. The lowest BCUT2D eigenvalue weighted by Gasteiger charge is -2.14. The summed E-state index contributed by atoms with van der Waals surface area (Å²) < 4.78 is 5.50. The molecule has 1 aliphatic rings. The molecule has 4 heteroatoms. The van der Waals surface area contributed by atoms with Gasteiger partial charge in [0.15, 0.2) is 0 Å². The first kappa shape index (κ1) is 18.8. The highest BCUT2D eigenvalue weighted by atomic mass is 16.5. The van der Waals surface area contributed by atoms with Gasteiger partial charge in [0.1, 0.15) is 6.61 Å². The predicted octanol–water partition coefficient (Wildman–Crippen LogP) is 4.04. The fraction of sp³-hybridized carbons (Fsp3) is 0.160. The van der Waals surface area contributed by atoms with E-state index in [1.165, 1.54) is 22.3 Å². The number of rotatable bonds is 4. The van der Waals surface area contributed by atoms with Gasteiger partial charge in [0.2, 0.25) is 0 Å². The van der Waals surface area contributed by atoms with Gasteiger partial charge in [-0.1, -0.05) is 78.6 Å². The highest BCUT2D eigenvalue weighted by molar-refractivity contribution is 5.79. The Kier molecular flexibility index (Phi) is 5.60. The maximum Gasteiger partial charge on any atom is 0.407 e. The summed E-state index contributed by atoms with van der Waals surface area (Å²) in [5, 5.41) is 2.70. The molecule has 0 fully saturated rings. The lowest BCUT2D eigenvalue weighted by molar-refractivity contribution is 0.144. The van der Waals surface area contributed by atoms with Crippen LogP contribution in [-0.2, 0) is 11.3 Å². The average Bonchev–Trinajstić information content (AvgIpc) is 3.09. The second-order valence-electron chi connectivity index (χ2n) is 6.84. The molecule has 0 spiro atoms. The van der Waals surface area contributed by atoms with Crippen LogP contribution < -0.4 is 11.1 Å². The Labute approximate surface area is 170 Å². The van der Waals surface area contributed by atoms with Gasteiger partial charge in [-0.2, -0.15) is 0 Å². The van der Waals surface area contributed by atoms with Crippen LogP contribution >= 0.6 is 0 Å². The molecule has 4 rings (SSSR count). The largest absolute Gasteiger partial charge is 0.449 e. The number of hydrogen-bond acceptors (Lipinski definition) is 3. The highest BCUT2D eigenvalue weighted by Crippen LogP contribution is 2.44. The molecule has 29 heavy (non-hydrogen) atoms. The van der Waals surface area contributed by atoms with E-state index >= 15 is 0 Å². The molecule has 144 valence electrons. The molecule has 0 aliphatic heterocycles. The first-order valence-electron chi connectivity index (χ1n) is 9.63. The highest BCUT2D eigenvalue weighted by Gasteiger charge is 2.28. The van der Waals surface area contributed by atoms with Gasteiger partial charge in [-0.05, 0) is 33.9 Å². The van der Waals surface area contributed by atoms with E-state index in [-0.39, 0.29) is 12.5 Å². The van der Waals surface area contributed by atoms with Crippen molar-refractivity contribution in [3.63, 3.8) is 0 Å². The molecule has 0 atom stereocenters. The average molecular weight is 382 g/mol. The Morgan fingerprint density at radius 1 is 0.931 bits per heavy atom. The van der Waals surface area contributed by atoms with Crippen LogP contribution in [0.15, 0.2) is 72.8 Å². The summed E-state index contributed by atoms with van der Waals surface area (Å²) in [6.45, 7) is 0.948. The van der Waals surface area contributed by atoms with Gasteiger partial charge in [0.05, 0.1) is 6.54 Å². The van der Waals surface area contributed by atoms with Crippen LogP contribution in [0.1, 0.15) is 28.2 Å². The third kappa shape index (κ3) is 4.01. The second-order valence-corrected chi connectivity index (χ2v) is 6.84. The van der Waals surface area contributed by atoms with E-state index in [1.807, 2.05) is 48.5 Å². The van der Waals surface area contributed by atoms with Crippen LogP contribution in [0.3, 0.4) is 0 Å². The Bertz CT molecular complexity index is 1050. The van der Waals surface area contributed by atoms with Crippen LogP contribution in [-0.4, -0.2) is 19.2 Å². The van der Waals surface area contributed by atoms with Crippen LogP contribution in [0.5, 0.6) is 0 Å². The molecule has 3 aromatic rings. The molecule has 3 N–H and O–H groups in total. The van der Waals surface area contributed by atoms with Crippen molar-refractivity contribution in [3.05, 3.63) is 95.1 Å². The van der Waals surface area contributed by atoms with Crippen molar-refractivity contribution >= 4 is 6.09 Å². The summed E-state index contributed by atoms with van der Waals surface area (Å²) in [4.78, 5) is 12.1. The first-order valence-corrected chi connectivity index (χ1v) is 9.63. The van der Waals surface area contributed by atoms with E-state index in [9.17, 15) is 4.79 Å². The first-order chi connectivity index (χ1) is 14.3. The van der Waals surface area contributed by atoms with Crippen LogP contribution in [0.2, 0.25) is 0 Å². The van der Waals surface area contributed by atoms with E-state index in [4.69, 9.17) is 10.5 Å². The van der Waals surface area contributed by atoms with Crippen LogP contribution in [0.25, 0.3) is 11.1 Å². The molecule has 0 saturated heterocycles. The van der Waals surface area contributed by atoms with Gasteiger partial charge < -0.3 is 15.8 Å². The summed E-state index contributed by atoms with van der Waals surface area (Å²) in [6, 6.07) is 24.3. The lowest BCUT2D eigenvalue weighted by atomic mass is 9.98. The van der Waals surface area contributed by atoms with Crippen molar-refractivity contribution in [3.8, 4) is 23.0 Å². The zero-order chi connectivity index (χ0) is 20.1. The molecule has 0 saturated carbocycles. The molecule has 1 aliphatic carbocycles.